The molecule has 0 aromatic heterocycles. The van der Waals surface area contributed by atoms with Crippen LogP contribution in [0.25, 0.3) is 11.1 Å². The Kier molecular flexibility index (Phi) is 12.7. The third-order valence-electron chi connectivity index (χ3n) is 11.3. The van der Waals surface area contributed by atoms with Crippen LogP contribution in [0, 0.1) is 5.92 Å². The summed E-state index contributed by atoms with van der Waals surface area (Å²) >= 11 is 0. The van der Waals surface area contributed by atoms with Gasteiger partial charge in [-0.3, -0.25) is 4.90 Å². The molecule has 0 unspecified atom stereocenters. The molecule has 3 N–H and O–H groups in total. The Labute approximate surface area is 351 Å². The number of rotatable bonds is 13. The number of carbonyl (C=O) groups excluding carboxylic acids is 1. The summed E-state index contributed by atoms with van der Waals surface area (Å²) < 4.78 is 30.8. The highest BCUT2D eigenvalue weighted by molar-refractivity contribution is 5.89. The predicted molar refractivity (Wildman–Crippen MR) is 232 cm³/mol. The van der Waals surface area contributed by atoms with E-state index in [0.29, 0.717) is 18.0 Å². The van der Waals surface area contributed by atoms with E-state index in [1.165, 1.54) is 11.1 Å². The Hall–Kier alpha value is -6.17. The van der Waals surface area contributed by atoms with E-state index in [0.717, 1.165) is 76.7 Å². The second-order valence-corrected chi connectivity index (χ2v) is 15.4. The van der Waals surface area contributed by atoms with Gasteiger partial charge in [0.25, 0.3) is 0 Å². The summed E-state index contributed by atoms with van der Waals surface area (Å²) in [5.74, 6) is 2.97. The maximum absolute atomic E-state index is 12.9. The quantitative estimate of drug-likeness (QED) is 0.106. The lowest BCUT2D eigenvalue weighted by molar-refractivity contribution is -0.276. The number of carbonyl (C=O) groups is 1. The predicted octanol–water partition coefficient (Wildman–Crippen LogP) is 9.83. The molecule has 308 valence electrons. The van der Waals surface area contributed by atoms with E-state index in [-0.39, 0.29) is 30.8 Å². The van der Waals surface area contributed by atoms with Crippen molar-refractivity contribution in [1.29, 1.82) is 0 Å². The number of anilines is 1. The fraction of sp³-hybridized carbons (Fsp3) is 0.260. The fourth-order valence-electron chi connectivity index (χ4n) is 7.99. The lowest BCUT2D eigenvalue weighted by Crippen LogP contribution is -2.45. The van der Waals surface area contributed by atoms with Gasteiger partial charge in [-0.15, -0.1) is 0 Å². The number of ether oxygens (including phenoxy) is 5. The highest BCUT2D eigenvalue weighted by Gasteiger charge is 2.39. The summed E-state index contributed by atoms with van der Waals surface area (Å²) in [6, 6.07) is 45.2. The maximum Gasteiger partial charge on any atom is 0.319 e. The maximum atomic E-state index is 12.9. The normalized spacial score (nSPS) is 18.9. The van der Waals surface area contributed by atoms with E-state index < -0.39 is 6.29 Å². The summed E-state index contributed by atoms with van der Waals surface area (Å²) in [7, 11) is 3.35. The zero-order chi connectivity index (χ0) is 41.4. The molecule has 1 saturated heterocycles. The van der Waals surface area contributed by atoms with Gasteiger partial charge in [0.15, 0.2) is 17.8 Å². The van der Waals surface area contributed by atoms with Gasteiger partial charge in [0.05, 0.1) is 33.0 Å². The van der Waals surface area contributed by atoms with Crippen LogP contribution in [-0.2, 0) is 35.6 Å². The summed E-state index contributed by atoms with van der Waals surface area (Å²) in [5.41, 5.74) is 8.99. The van der Waals surface area contributed by atoms with Crippen LogP contribution in [0.4, 0.5) is 10.5 Å². The van der Waals surface area contributed by atoms with Gasteiger partial charge in [0, 0.05) is 43.3 Å². The third kappa shape index (κ3) is 9.65. The van der Waals surface area contributed by atoms with E-state index in [1.54, 1.807) is 14.2 Å². The van der Waals surface area contributed by atoms with Crippen molar-refractivity contribution in [3.63, 3.8) is 0 Å². The van der Waals surface area contributed by atoms with E-state index >= 15 is 0 Å². The number of benzene rings is 6. The number of methoxy groups -OCH3 is 2. The average molecular weight is 806 g/mol. The lowest BCUT2D eigenvalue weighted by atomic mass is 9.89. The molecule has 2 amide bonds. The monoisotopic (exact) mass is 805 g/mol. The molecule has 6 aromatic rings. The molecule has 0 bridgehead atoms. The average Bonchev–Trinajstić information content (AvgIpc) is 3.29. The first kappa shape index (κ1) is 40.6. The van der Waals surface area contributed by atoms with Gasteiger partial charge in [-0.1, -0.05) is 85.8 Å². The van der Waals surface area contributed by atoms with Crippen molar-refractivity contribution in [2.75, 3.05) is 32.6 Å². The molecule has 2 aliphatic rings. The summed E-state index contributed by atoms with van der Waals surface area (Å²) in [4.78, 5) is 15.3. The molecule has 2 heterocycles. The molecule has 0 saturated carbocycles. The minimum atomic E-state index is -0.609. The largest absolute Gasteiger partial charge is 0.493 e. The molecule has 0 spiro atoms. The Morgan fingerprint density at radius 1 is 0.733 bits per heavy atom. The van der Waals surface area contributed by atoms with E-state index in [2.05, 4.69) is 77.1 Å². The molecule has 0 aliphatic carbocycles. The number of aliphatic hydroxyl groups excluding tert-OH is 1. The molecule has 10 nitrogen and oxygen atoms in total. The Bertz CT molecular complexity index is 2370. The van der Waals surface area contributed by atoms with Crippen LogP contribution < -0.4 is 24.8 Å². The van der Waals surface area contributed by atoms with Gasteiger partial charge in [-0.05, 0) is 106 Å². The van der Waals surface area contributed by atoms with Crippen LogP contribution in [0.1, 0.15) is 52.7 Å². The molecule has 60 heavy (non-hydrogen) atoms. The molecule has 10 heteroatoms. The van der Waals surface area contributed by atoms with Gasteiger partial charge in [-0.2, -0.15) is 0 Å². The van der Waals surface area contributed by atoms with Crippen molar-refractivity contribution in [2.45, 2.75) is 51.5 Å². The number of hydrogen-bond donors (Lipinski definition) is 3. The van der Waals surface area contributed by atoms with Crippen LogP contribution in [0.5, 0.6) is 23.0 Å². The molecule has 0 radical (unpaired) electrons. The minimum absolute atomic E-state index is 0.0133. The first-order valence-electron chi connectivity index (χ1n) is 20.4. The standard InChI is InChI=1S/C50H51N3O7/c1-33-47(31-53-24-23-39-27-45(56-2)46(57-3)28-41(39)30-53)59-49(60-48(33)36-17-15-34(32-54)16-18-36)40-12-8-11-38(26-40)37-10-7-9-35(25-37)29-51-50(55)52-42-19-21-44(22-20-42)58-43-13-5-4-6-14-43/h4-22,25-28,33,47-49,54H,23-24,29-32H2,1-3H3,(H2,51,52,55)/t33-,47+,48+,49+/m1/s1. The van der Waals surface area contributed by atoms with Crippen molar-refractivity contribution in [3.8, 4) is 34.1 Å². The molecular weight excluding hydrogens is 755 g/mol. The minimum Gasteiger partial charge on any atom is -0.493 e. The van der Waals surface area contributed by atoms with Crippen molar-refractivity contribution >= 4 is 11.7 Å². The van der Waals surface area contributed by atoms with Crippen molar-refractivity contribution in [1.82, 2.24) is 10.2 Å². The number of para-hydroxylation sites is 1. The van der Waals surface area contributed by atoms with Gasteiger partial charge >= 0.3 is 6.03 Å². The number of aliphatic hydroxyl groups is 1. The zero-order valence-corrected chi connectivity index (χ0v) is 34.2. The second-order valence-electron chi connectivity index (χ2n) is 15.4. The number of nitrogens with zero attached hydrogens (tertiary/aromatic N) is 1. The van der Waals surface area contributed by atoms with Gasteiger partial charge in [-0.25, -0.2) is 4.79 Å². The molecule has 1 fully saturated rings. The number of nitrogens with one attached hydrogen (secondary N) is 2. The van der Waals surface area contributed by atoms with E-state index in [9.17, 15) is 9.90 Å². The highest BCUT2D eigenvalue weighted by Crippen LogP contribution is 2.43. The van der Waals surface area contributed by atoms with Gasteiger partial charge in [0.2, 0.25) is 0 Å². The third-order valence-corrected chi connectivity index (χ3v) is 11.3. The van der Waals surface area contributed by atoms with Gasteiger partial charge in [0.1, 0.15) is 11.5 Å². The Balaban J connectivity index is 0.952. The van der Waals surface area contributed by atoms with Gasteiger partial charge < -0.3 is 39.4 Å². The van der Waals surface area contributed by atoms with Crippen LogP contribution in [0.3, 0.4) is 0 Å². The smallest absolute Gasteiger partial charge is 0.319 e. The molecule has 6 aromatic carbocycles. The highest BCUT2D eigenvalue weighted by atomic mass is 16.7. The number of amides is 2. The van der Waals surface area contributed by atoms with E-state index in [4.69, 9.17) is 23.7 Å². The van der Waals surface area contributed by atoms with E-state index in [1.807, 2.05) is 84.9 Å². The molecule has 8 rings (SSSR count). The summed E-state index contributed by atoms with van der Waals surface area (Å²) in [6.45, 7) is 4.95. The van der Waals surface area contributed by atoms with Crippen molar-refractivity contribution in [2.24, 2.45) is 5.92 Å². The lowest BCUT2D eigenvalue weighted by Gasteiger charge is -2.43. The van der Waals surface area contributed by atoms with Crippen molar-refractivity contribution in [3.05, 3.63) is 173 Å². The first-order valence-corrected chi connectivity index (χ1v) is 20.4. The topological polar surface area (TPSA) is 111 Å². The van der Waals surface area contributed by atoms with Crippen LogP contribution in [0.2, 0.25) is 0 Å². The summed E-state index contributed by atoms with van der Waals surface area (Å²) in [5, 5.41) is 15.6. The fourth-order valence-corrected chi connectivity index (χ4v) is 7.99. The first-order chi connectivity index (χ1) is 29.3. The molecule has 4 atom stereocenters. The number of urea groups is 1. The number of hydrogen-bond acceptors (Lipinski definition) is 8. The summed E-state index contributed by atoms with van der Waals surface area (Å²) in [6.07, 6.45) is -0.0588. The van der Waals surface area contributed by atoms with Crippen LogP contribution >= 0.6 is 0 Å². The van der Waals surface area contributed by atoms with Crippen molar-refractivity contribution < 1.29 is 33.6 Å². The molecular formula is C50H51N3O7. The molecule has 2 aliphatic heterocycles. The van der Waals surface area contributed by atoms with Crippen LogP contribution in [-0.4, -0.2) is 49.5 Å². The SMILES string of the molecule is COc1cc2c(cc1OC)CN(C[C@@H]1O[C@H](c3cccc(-c4cccc(CNC(=O)Nc5ccc(Oc6ccccc6)cc5)c4)c3)O[C@H](c3ccc(CO)cc3)[C@@H]1C)CC2. The Morgan fingerprint density at radius 3 is 2.17 bits per heavy atom. The van der Waals surface area contributed by atoms with Crippen LogP contribution in [0.15, 0.2) is 140 Å². The Morgan fingerprint density at radius 2 is 1.43 bits per heavy atom. The zero-order valence-electron chi connectivity index (χ0n) is 34.2. The second kappa shape index (κ2) is 18.8. The number of fused-ring (bicyclic) bond motifs is 1.